The molecule has 2 aromatic carbocycles. The summed E-state index contributed by atoms with van der Waals surface area (Å²) in [4.78, 5) is 6.97. The molecule has 0 radical (unpaired) electrons. The molecule has 0 unspecified atom stereocenters. The molecule has 0 saturated heterocycles. The van der Waals surface area contributed by atoms with Crippen molar-refractivity contribution >= 4 is 10.8 Å². The lowest BCUT2D eigenvalue weighted by molar-refractivity contribution is 1.38. The van der Waals surface area contributed by atoms with Gasteiger partial charge in [-0.3, -0.25) is 0 Å². The van der Waals surface area contributed by atoms with E-state index in [9.17, 15) is 0 Å². The van der Waals surface area contributed by atoms with E-state index in [0.29, 0.717) is 0 Å². The van der Waals surface area contributed by atoms with E-state index in [0.717, 1.165) is 0 Å². The van der Waals surface area contributed by atoms with E-state index < -0.39 is 0 Å². The summed E-state index contributed by atoms with van der Waals surface area (Å²) in [7, 11) is 3.39. The number of nitrogens with zero attached hydrogens (tertiary/aromatic N) is 2. The van der Waals surface area contributed by atoms with Gasteiger partial charge in [-0.1, -0.05) is 45.1 Å². The molecule has 116 valence electrons. The first-order chi connectivity index (χ1) is 10.4. The summed E-state index contributed by atoms with van der Waals surface area (Å²) in [6.45, 7) is 12.2. The van der Waals surface area contributed by atoms with E-state index in [4.69, 9.17) is 0 Å². The Morgan fingerprint density at radius 3 is 1.14 bits per heavy atom. The van der Waals surface area contributed by atoms with Crippen LogP contribution in [0.3, 0.4) is 0 Å². The SMILES string of the molecule is CC#[N+]C.CC#[N+]C.Cc1cc(C)c2cc(C)cc(C)c2c1. The van der Waals surface area contributed by atoms with Gasteiger partial charge < -0.3 is 0 Å². The summed E-state index contributed by atoms with van der Waals surface area (Å²) in [6.07, 6.45) is 0. The lowest BCUT2D eigenvalue weighted by Crippen LogP contribution is -1.86. The molecule has 0 spiro atoms. The fraction of sp³-hybridized carbons (Fsp3) is 0.400. The summed E-state index contributed by atoms with van der Waals surface area (Å²) in [5, 5.41) is 2.79. The highest BCUT2D eigenvalue weighted by Gasteiger charge is 2.02. The van der Waals surface area contributed by atoms with Crippen LogP contribution in [0.25, 0.3) is 20.5 Å². The van der Waals surface area contributed by atoms with E-state index >= 15 is 0 Å². The van der Waals surface area contributed by atoms with Crippen molar-refractivity contribution in [3.63, 3.8) is 0 Å². The van der Waals surface area contributed by atoms with Crippen LogP contribution in [0.4, 0.5) is 0 Å². The Balaban J connectivity index is 0.000000464. The monoisotopic (exact) mass is 296 g/mol. The van der Waals surface area contributed by atoms with Gasteiger partial charge in [0.25, 0.3) is 26.2 Å². The minimum absolute atomic E-state index is 1.35. The highest BCUT2D eigenvalue weighted by atomic mass is 14.6. The Morgan fingerprint density at radius 2 is 0.909 bits per heavy atom. The zero-order valence-electron chi connectivity index (χ0n) is 15.2. The molecule has 0 atom stereocenters. The van der Waals surface area contributed by atoms with E-state index in [1.807, 2.05) is 0 Å². The third-order valence-electron chi connectivity index (χ3n) is 3.22. The van der Waals surface area contributed by atoms with Crippen molar-refractivity contribution in [1.82, 2.24) is 0 Å². The summed E-state index contributed by atoms with van der Waals surface area (Å²) in [6, 6.07) is 14.2. The Morgan fingerprint density at radius 1 is 0.636 bits per heavy atom. The predicted molar refractivity (Wildman–Crippen MR) is 101 cm³/mol. The molecule has 0 aliphatic carbocycles. The third-order valence-corrected chi connectivity index (χ3v) is 3.22. The van der Waals surface area contributed by atoms with Crippen LogP contribution in [0.5, 0.6) is 0 Å². The second-order valence-corrected chi connectivity index (χ2v) is 5.15. The standard InChI is InChI=1S/C14H16.2C3H6N/c1-9-5-11(3)14-8-10(2)6-12(4)13(14)7-9;2*1-3-4-2/h5-8H,1-4H3;2*1-2H3/q;2*+1. The summed E-state index contributed by atoms with van der Waals surface area (Å²) >= 11 is 0. The summed E-state index contributed by atoms with van der Waals surface area (Å²) in [5.74, 6) is 0. The number of fused-ring (bicyclic) bond motifs is 1. The van der Waals surface area contributed by atoms with E-state index in [2.05, 4.69) is 73.8 Å². The van der Waals surface area contributed by atoms with Crippen molar-refractivity contribution in [2.24, 2.45) is 0 Å². The Labute approximate surface area is 135 Å². The van der Waals surface area contributed by atoms with Crippen LogP contribution < -0.4 is 0 Å². The quantitative estimate of drug-likeness (QED) is 0.562. The minimum Gasteiger partial charge on any atom is -0.0873 e. The molecule has 0 aromatic heterocycles. The molecule has 0 amide bonds. The number of rotatable bonds is 0. The lowest BCUT2D eigenvalue weighted by Gasteiger charge is -2.08. The van der Waals surface area contributed by atoms with Crippen molar-refractivity contribution in [3.8, 4) is 12.1 Å². The molecule has 0 saturated carbocycles. The Bertz CT molecular complexity index is 658. The fourth-order valence-corrected chi connectivity index (χ4v) is 2.19. The molecule has 22 heavy (non-hydrogen) atoms. The first kappa shape index (κ1) is 19.7. The van der Waals surface area contributed by atoms with Crippen molar-refractivity contribution in [2.75, 3.05) is 14.1 Å². The van der Waals surface area contributed by atoms with Crippen LogP contribution in [-0.4, -0.2) is 14.1 Å². The van der Waals surface area contributed by atoms with Crippen LogP contribution >= 0.6 is 0 Å². The molecule has 0 fully saturated rings. The van der Waals surface area contributed by atoms with Crippen LogP contribution in [0, 0.1) is 39.8 Å². The van der Waals surface area contributed by atoms with Gasteiger partial charge in [0.15, 0.2) is 0 Å². The minimum atomic E-state index is 1.35. The first-order valence-corrected chi connectivity index (χ1v) is 7.40. The van der Waals surface area contributed by atoms with Gasteiger partial charge in [-0.15, -0.1) is 0 Å². The molecule has 2 nitrogen and oxygen atoms in total. The van der Waals surface area contributed by atoms with Crippen molar-refractivity contribution in [2.45, 2.75) is 41.5 Å². The maximum atomic E-state index is 3.49. The highest BCUT2D eigenvalue weighted by Crippen LogP contribution is 2.24. The summed E-state index contributed by atoms with van der Waals surface area (Å²) < 4.78 is 0. The molecule has 0 bridgehead atoms. The maximum absolute atomic E-state index is 3.49. The van der Waals surface area contributed by atoms with Gasteiger partial charge in [0.05, 0.1) is 13.8 Å². The van der Waals surface area contributed by atoms with Crippen molar-refractivity contribution < 1.29 is 0 Å². The summed E-state index contributed by atoms with van der Waals surface area (Å²) in [5.41, 5.74) is 5.46. The molecule has 2 rings (SSSR count). The van der Waals surface area contributed by atoms with Crippen LogP contribution in [0.15, 0.2) is 24.3 Å². The zero-order valence-corrected chi connectivity index (χ0v) is 15.2. The van der Waals surface area contributed by atoms with E-state index in [-0.39, 0.29) is 0 Å². The van der Waals surface area contributed by atoms with Gasteiger partial charge in [0.1, 0.15) is 0 Å². The second kappa shape index (κ2) is 10.4. The van der Waals surface area contributed by atoms with Gasteiger partial charge in [-0.2, -0.15) is 0 Å². The smallest absolute Gasteiger partial charge is 0.0873 e. The van der Waals surface area contributed by atoms with Crippen LogP contribution in [-0.2, 0) is 0 Å². The first-order valence-electron chi connectivity index (χ1n) is 7.40. The molecule has 0 aliphatic rings. The number of hydrogen-bond acceptors (Lipinski definition) is 0. The fourth-order valence-electron chi connectivity index (χ4n) is 2.19. The van der Waals surface area contributed by atoms with Gasteiger partial charge in [-0.05, 0) is 49.6 Å². The Kier molecular flexibility index (Phi) is 9.31. The predicted octanol–water partition coefficient (Wildman–Crippen LogP) is 6.01. The van der Waals surface area contributed by atoms with Crippen molar-refractivity contribution in [1.29, 1.82) is 0 Å². The molecular weight excluding hydrogens is 268 g/mol. The highest BCUT2D eigenvalue weighted by molar-refractivity contribution is 5.89. The van der Waals surface area contributed by atoms with Gasteiger partial charge >= 0.3 is 0 Å². The molecule has 0 heterocycles. The molecule has 2 aromatic rings. The average Bonchev–Trinajstić information content (AvgIpc) is 2.49. The largest absolute Gasteiger partial charge is 0.269 e. The van der Waals surface area contributed by atoms with Crippen LogP contribution in [0.2, 0.25) is 0 Å². The number of hydrogen-bond donors (Lipinski definition) is 0. The molecule has 2 heteroatoms. The van der Waals surface area contributed by atoms with Gasteiger partial charge in [0.2, 0.25) is 0 Å². The maximum Gasteiger partial charge on any atom is 0.269 e. The third kappa shape index (κ3) is 6.42. The zero-order chi connectivity index (χ0) is 17.1. The average molecular weight is 296 g/mol. The van der Waals surface area contributed by atoms with Crippen molar-refractivity contribution in [3.05, 3.63) is 56.2 Å². The normalized spacial score (nSPS) is 8.18. The Hall–Kier alpha value is -2.32. The molecule has 0 aliphatic heterocycles. The number of benzene rings is 2. The lowest BCUT2D eigenvalue weighted by atomic mass is 9.97. The number of aryl methyl sites for hydroxylation is 4. The molecular formula is C20H28N2+2. The van der Waals surface area contributed by atoms with Gasteiger partial charge in [-0.25, -0.2) is 0 Å². The molecule has 0 N–H and O–H groups in total. The van der Waals surface area contributed by atoms with E-state index in [1.54, 1.807) is 27.9 Å². The van der Waals surface area contributed by atoms with Gasteiger partial charge in [0, 0.05) is 0 Å². The van der Waals surface area contributed by atoms with E-state index in [1.165, 1.54) is 33.0 Å². The topological polar surface area (TPSA) is 8.72 Å². The second-order valence-electron chi connectivity index (χ2n) is 5.15. The van der Waals surface area contributed by atoms with Crippen LogP contribution in [0.1, 0.15) is 36.1 Å².